The van der Waals surface area contributed by atoms with Gasteiger partial charge in [-0.05, 0) is 54.6 Å². The Morgan fingerprint density at radius 3 is 2.52 bits per heavy atom. The fraction of sp³-hybridized carbons (Fsp3) is 0.296. The van der Waals surface area contributed by atoms with Gasteiger partial charge < -0.3 is 18.9 Å². The van der Waals surface area contributed by atoms with Crippen molar-refractivity contribution in [1.82, 2.24) is 14.0 Å². The first-order valence-electron chi connectivity index (χ1n) is 11.5. The molecule has 2 aromatic carbocycles. The van der Waals surface area contributed by atoms with Crippen LogP contribution in [-0.4, -0.2) is 40.8 Å². The Bertz CT molecular complexity index is 1320. The van der Waals surface area contributed by atoms with Gasteiger partial charge in [0.05, 0.1) is 7.11 Å². The summed E-state index contributed by atoms with van der Waals surface area (Å²) >= 11 is 0. The molecule has 0 atom stereocenters. The first-order chi connectivity index (χ1) is 16.1. The Balaban J connectivity index is 1.34. The van der Waals surface area contributed by atoms with Crippen molar-refractivity contribution in [2.45, 2.75) is 26.5 Å². The minimum atomic E-state index is -0.110. The Labute approximate surface area is 193 Å². The molecule has 0 saturated carbocycles. The lowest BCUT2D eigenvalue weighted by Gasteiger charge is -2.16. The van der Waals surface area contributed by atoms with Gasteiger partial charge in [0.1, 0.15) is 18.1 Å². The van der Waals surface area contributed by atoms with Gasteiger partial charge in [0.15, 0.2) is 0 Å². The zero-order valence-corrected chi connectivity index (χ0v) is 19.2. The number of methoxy groups -OCH3 is 1. The fourth-order valence-corrected chi connectivity index (χ4v) is 4.53. The molecule has 0 spiro atoms. The molecule has 3 heterocycles. The molecule has 6 nitrogen and oxygen atoms in total. The number of likely N-dealkylation sites (N-methyl/N-ethyl adjacent to an activating group) is 1. The van der Waals surface area contributed by atoms with Crippen molar-refractivity contribution in [3.8, 4) is 17.2 Å². The maximum atomic E-state index is 12.8. The summed E-state index contributed by atoms with van der Waals surface area (Å²) in [6.07, 6.45) is 2.84. The molecule has 0 amide bonds. The van der Waals surface area contributed by atoms with E-state index >= 15 is 0 Å². The molecule has 2 aromatic heterocycles. The number of nitrogens with zero attached hydrogens (tertiary/aromatic N) is 3. The van der Waals surface area contributed by atoms with Crippen LogP contribution in [0.25, 0.3) is 16.6 Å². The van der Waals surface area contributed by atoms with E-state index in [0.717, 1.165) is 49.6 Å². The van der Waals surface area contributed by atoms with E-state index in [2.05, 4.69) is 34.6 Å². The normalized spacial score (nSPS) is 14.1. The lowest BCUT2D eigenvalue weighted by atomic mass is 10.2. The monoisotopic (exact) mass is 443 g/mol. The van der Waals surface area contributed by atoms with Gasteiger partial charge in [0.25, 0.3) is 5.56 Å². The van der Waals surface area contributed by atoms with Crippen LogP contribution in [0.5, 0.6) is 11.5 Å². The van der Waals surface area contributed by atoms with E-state index in [9.17, 15) is 4.79 Å². The minimum absolute atomic E-state index is 0.110. The Hall–Kier alpha value is -3.51. The first kappa shape index (κ1) is 21.3. The smallest absolute Gasteiger partial charge is 0.258 e. The van der Waals surface area contributed by atoms with Crippen LogP contribution in [0.4, 0.5) is 0 Å². The van der Waals surface area contributed by atoms with Gasteiger partial charge in [0, 0.05) is 60.6 Å². The fourth-order valence-electron chi connectivity index (χ4n) is 4.53. The van der Waals surface area contributed by atoms with Gasteiger partial charge in [-0.15, -0.1) is 0 Å². The van der Waals surface area contributed by atoms with Gasteiger partial charge in [-0.2, -0.15) is 0 Å². The second-order valence-electron chi connectivity index (χ2n) is 8.42. The highest BCUT2D eigenvalue weighted by atomic mass is 16.5. The van der Waals surface area contributed by atoms with Crippen molar-refractivity contribution >= 4 is 10.9 Å². The summed E-state index contributed by atoms with van der Waals surface area (Å²) in [5.74, 6) is 1.37. The van der Waals surface area contributed by atoms with Crippen molar-refractivity contribution < 1.29 is 9.47 Å². The minimum Gasteiger partial charge on any atom is -0.497 e. The second kappa shape index (κ2) is 9.16. The molecule has 0 radical (unpaired) electrons. The van der Waals surface area contributed by atoms with Crippen molar-refractivity contribution in [3.05, 3.63) is 88.5 Å². The van der Waals surface area contributed by atoms with Crippen LogP contribution in [0, 0.1) is 0 Å². The molecular formula is C27H29N3O3. The van der Waals surface area contributed by atoms with Crippen LogP contribution in [0.15, 0.2) is 71.7 Å². The van der Waals surface area contributed by atoms with Crippen LogP contribution < -0.4 is 15.0 Å². The van der Waals surface area contributed by atoms with Gasteiger partial charge in [-0.25, -0.2) is 0 Å². The zero-order chi connectivity index (χ0) is 22.8. The highest BCUT2D eigenvalue weighted by Crippen LogP contribution is 2.25. The molecule has 1 aliphatic rings. The third-order valence-corrected chi connectivity index (χ3v) is 6.48. The summed E-state index contributed by atoms with van der Waals surface area (Å²) < 4.78 is 15.1. The number of pyridine rings is 1. The van der Waals surface area contributed by atoms with Crippen LogP contribution >= 0.6 is 0 Å². The van der Waals surface area contributed by atoms with Gasteiger partial charge in [0.2, 0.25) is 0 Å². The Morgan fingerprint density at radius 1 is 0.909 bits per heavy atom. The zero-order valence-electron chi connectivity index (χ0n) is 19.2. The molecule has 33 heavy (non-hydrogen) atoms. The van der Waals surface area contributed by atoms with E-state index in [4.69, 9.17) is 9.47 Å². The maximum Gasteiger partial charge on any atom is 0.258 e. The molecule has 0 aliphatic carbocycles. The van der Waals surface area contributed by atoms with Crippen LogP contribution in [0.2, 0.25) is 0 Å². The average Bonchev–Trinajstić information content (AvgIpc) is 3.06. The maximum absolute atomic E-state index is 12.8. The van der Waals surface area contributed by atoms with Crippen molar-refractivity contribution in [2.24, 2.45) is 0 Å². The summed E-state index contributed by atoms with van der Waals surface area (Å²) in [5.41, 5.74) is 4.37. The SMILES string of the molecule is CCN1CCc2cc3cc(-n4ccc(OCc5ccc(OC)cc5)cc4=O)ccc3n2CC1. The number of rotatable bonds is 6. The summed E-state index contributed by atoms with van der Waals surface area (Å²) in [6.45, 7) is 6.88. The number of ether oxygens (including phenoxy) is 2. The highest BCUT2D eigenvalue weighted by Gasteiger charge is 2.16. The quantitative estimate of drug-likeness (QED) is 0.447. The number of aromatic nitrogens is 2. The molecule has 0 unspecified atom stereocenters. The number of fused-ring (bicyclic) bond motifs is 3. The lowest BCUT2D eigenvalue weighted by molar-refractivity contribution is 0.296. The molecular weight excluding hydrogens is 414 g/mol. The van der Waals surface area contributed by atoms with Gasteiger partial charge >= 0.3 is 0 Å². The largest absolute Gasteiger partial charge is 0.497 e. The van der Waals surface area contributed by atoms with Crippen molar-refractivity contribution in [3.63, 3.8) is 0 Å². The number of hydrogen-bond acceptors (Lipinski definition) is 4. The summed E-state index contributed by atoms with van der Waals surface area (Å²) in [6, 6.07) is 19.6. The van der Waals surface area contributed by atoms with E-state index in [1.54, 1.807) is 23.9 Å². The molecule has 0 fully saturated rings. The summed E-state index contributed by atoms with van der Waals surface area (Å²) in [4.78, 5) is 15.3. The number of benzene rings is 2. The molecule has 0 N–H and O–H groups in total. The van der Waals surface area contributed by atoms with Crippen LogP contribution in [0.3, 0.4) is 0 Å². The van der Waals surface area contributed by atoms with Gasteiger partial charge in [-0.1, -0.05) is 19.1 Å². The summed E-state index contributed by atoms with van der Waals surface area (Å²) in [5, 5.41) is 1.18. The van der Waals surface area contributed by atoms with Crippen molar-refractivity contribution in [2.75, 3.05) is 26.7 Å². The molecule has 0 bridgehead atoms. The molecule has 4 aromatic rings. The second-order valence-corrected chi connectivity index (χ2v) is 8.42. The lowest BCUT2D eigenvalue weighted by Crippen LogP contribution is -2.26. The molecule has 0 saturated heterocycles. The van der Waals surface area contributed by atoms with E-state index < -0.39 is 0 Å². The van der Waals surface area contributed by atoms with E-state index in [-0.39, 0.29) is 5.56 Å². The highest BCUT2D eigenvalue weighted by molar-refractivity contribution is 5.83. The third-order valence-electron chi connectivity index (χ3n) is 6.48. The Morgan fingerprint density at radius 2 is 1.76 bits per heavy atom. The van der Waals surface area contributed by atoms with Gasteiger partial charge in [-0.3, -0.25) is 9.36 Å². The topological polar surface area (TPSA) is 48.6 Å². The molecule has 1 aliphatic heterocycles. The molecule has 5 rings (SSSR count). The summed E-state index contributed by atoms with van der Waals surface area (Å²) in [7, 11) is 1.64. The predicted molar refractivity (Wildman–Crippen MR) is 131 cm³/mol. The standard InChI is InChI=1S/C27H29N3O3/c1-3-28-12-10-23-17-21-16-22(6-9-26(21)29(23)15-14-28)30-13-11-25(18-27(30)31)33-19-20-4-7-24(32-2)8-5-20/h4-9,11,13,16-18H,3,10,12,14-15,19H2,1-2H3. The third kappa shape index (κ3) is 4.39. The van der Waals surface area contributed by atoms with E-state index in [1.165, 1.54) is 16.6 Å². The van der Waals surface area contributed by atoms with Crippen LogP contribution in [-0.2, 0) is 19.6 Å². The van der Waals surface area contributed by atoms with Crippen LogP contribution in [0.1, 0.15) is 18.2 Å². The average molecular weight is 444 g/mol. The predicted octanol–water partition coefficient (Wildman–Crippen LogP) is 4.26. The first-order valence-corrected chi connectivity index (χ1v) is 11.5. The number of hydrogen-bond donors (Lipinski definition) is 0. The molecule has 170 valence electrons. The molecule has 6 heteroatoms. The van der Waals surface area contributed by atoms with Crippen molar-refractivity contribution in [1.29, 1.82) is 0 Å². The van der Waals surface area contributed by atoms with E-state index in [0.29, 0.717) is 12.4 Å². The van der Waals surface area contributed by atoms with E-state index in [1.807, 2.05) is 36.4 Å². The Kier molecular flexibility index (Phi) is 5.92.